The van der Waals surface area contributed by atoms with E-state index in [0.29, 0.717) is 10.8 Å². The maximum absolute atomic E-state index is 12.3. The van der Waals surface area contributed by atoms with Crippen molar-refractivity contribution in [2.24, 2.45) is 0 Å². The van der Waals surface area contributed by atoms with Crippen LogP contribution < -0.4 is 10.1 Å². The zero-order valence-electron chi connectivity index (χ0n) is 12.3. The van der Waals surface area contributed by atoms with Crippen LogP contribution in [-0.4, -0.2) is 18.0 Å². The average Bonchev–Trinajstić information content (AvgIpc) is 2.50. The number of carbonyl (C=O) groups is 1. The Morgan fingerprint density at radius 3 is 2.46 bits per heavy atom. The number of nitrogens with one attached hydrogen (secondary N) is 1. The number of hydrogen-bond acceptors (Lipinski definition) is 3. The summed E-state index contributed by atoms with van der Waals surface area (Å²) in [6, 6.07) is 12.6. The first-order valence-corrected chi connectivity index (χ1v) is 8.33. The fraction of sp³-hybridized carbons (Fsp3) is 0.188. The molecule has 24 heavy (non-hydrogen) atoms. The zero-order chi connectivity index (χ0) is 17.6. The second kappa shape index (κ2) is 8.30. The zero-order valence-corrected chi connectivity index (χ0v) is 13.8. The Hall–Kier alpha value is -1.86. The third-order valence-corrected chi connectivity index (χ3v) is 4.06. The molecule has 0 saturated carbocycles. The van der Waals surface area contributed by atoms with E-state index < -0.39 is 18.0 Å². The molecule has 0 fully saturated rings. The number of anilines is 1. The summed E-state index contributed by atoms with van der Waals surface area (Å²) < 4.78 is 40.9. The van der Waals surface area contributed by atoms with Gasteiger partial charge in [-0.3, -0.25) is 4.79 Å². The van der Waals surface area contributed by atoms with E-state index in [9.17, 15) is 18.0 Å². The third kappa shape index (κ3) is 6.33. The molecule has 0 heterocycles. The summed E-state index contributed by atoms with van der Waals surface area (Å²) in [6.45, 7) is 0. The quantitative estimate of drug-likeness (QED) is 0.762. The highest BCUT2D eigenvalue weighted by molar-refractivity contribution is 7.99. The lowest BCUT2D eigenvalue weighted by Crippen LogP contribution is -2.20. The van der Waals surface area contributed by atoms with Crippen LogP contribution in [0.5, 0.6) is 5.75 Å². The van der Waals surface area contributed by atoms with E-state index in [-0.39, 0.29) is 11.4 Å². The standard InChI is InChI=1S/C16H13ClF3NO2S/c17-12-7-5-11(6-8-12)9-24-10-15(22)21-13-3-1-2-4-14(13)23-16(18,19)20/h1-8H,9-10H2,(H,21,22). The van der Waals surface area contributed by atoms with E-state index >= 15 is 0 Å². The molecule has 2 aromatic carbocycles. The van der Waals surface area contributed by atoms with Crippen LogP contribution >= 0.6 is 23.4 Å². The Morgan fingerprint density at radius 1 is 1.12 bits per heavy atom. The van der Waals surface area contributed by atoms with Crippen molar-refractivity contribution in [2.75, 3.05) is 11.1 Å². The largest absolute Gasteiger partial charge is 0.573 e. The van der Waals surface area contributed by atoms with Crippen LogP contribution in [0.4, 0.5) is 18.9 Å². The van der Waals surface area contributed by atoms with Crippen molar-refractivity contribution in [1.29, 1.82) is 0 Å². The fourth-order valence-electron chi connectivity index (χ4n) is 1.81. The minimum Gasteiger partial charge on any atom is -0.404 e. The van der Waals surface area contributed by atoms with Gasteiger partial charge in [0.25, 0.3) is 0 Å². The monoisotopic (exact) mass is 375 g/mol. The minimum absolute atomic E-state index is 0.0214. The molecular formula is C16H13ClF3NO2S. The Morgan fingerprint density at radius 2 is 1.79 bits per heavy atom. The molecule has 0 saturated heterocycles. The van der Waals surface area contributed by atoms with Gasteiger partial charge < -0.3 is 10.1 Å². The Kier molecular flexibility index (Phi) is 6.39. The Balaban J connectivity index is 1.87. The molecule has 0 aliphatic carbocycles. The van der Waals surface area contributed by atoms with Crippen LogP contribution in [0, 0.1) is 0 Å². The SMILES string of the molecule is O=C(CSCc1ccc(Cl)cc1)Nc1ccccc1OC(F)(F)F. The van der Waals surface area contributed by atoms with E-state index in [1.807, 2.05) is 12.1 Å². The average molecular weight is 376 g/mol. The molecule has 128 valence electrons. The van der Waals surface area contributed by atoms with Gasteiger partial charge in [-0.05, 0) is 29.8 Å². The topological polar surface area (TPSA) is 38.3 Å². The van der Waals surface area contributed by atoms with E-state index in [0.717, 1.165) is 11.6 Å². The number of halogens is 4. The maximum Gasteiger partial charge on any atom is 0.573 e. The smallest absolute Gasteiger partial charge is 0.404 e. The Labute approximate surface area is 146 Å². The number of ether oxygens (including phenoxy) is 1. The van der Waals surface area contributed by atoms with Crippen LogP contribution in [0.25, 0.3) is 0 Å². The molecule has 0 aliphatic rings. The lowest BCUT2D eigenvalue weighted by Gasteiger charge is -2.13. The molecule has 0 aromatic heterocycles. The molecule has 0 spiro atoms. The summed E-state index contributed by atoms with van der Waals surface area (Å²) in [5.74, 6) is -0.165. The van der Waals surface area contributed by atoms with Crippen molar-refractivity contribution in [3.05, 3.63) is 59.1 Å². The van der Waals surface area contributed by atoms with Gasteiger partial charge in [-0.25, -0.2) is 0 Å². The maximum atomic E-state index is 12.3. The fourth-order valence-corrected chi connectivity index (χ4v) is 2.73. The lowest BCUT2D eigenvalue weighted by molar-refractivity contribution is -0.274. The van der Waals surface area contributed by atoms with Gasteiger partial charge in [-0.2, -0.15) is 0 Å². The Bertz CT molecular complexity index is 692. The lowest BCUT2D eigenvalue weighted by atomic mass is 10.2. The van der Waals surface area contributed by atoms with Gasteiger partial charge in [0.1, 0.15) is 0 Å². The molecule has 2 rings (SSSR count). The van der Waals surface area contributed by atoms with Crippen molar-refractivity contribution in [2.45, 2.75) is 12.1 Å². The first kappa shape index (κ1) is 18.5. The summed E-state index contributed by atoms with van der Waals surface area (Å²) in [7, 11) is 0. The van der Waals surface area contributed by atoms with Crippen LogP contribution in [-0.2, 0) is 10.5 Å². The molecule has 2 aromatic rings. The molecule has 1 N–H and O–H groups in total. The van der Waals surface area contributed by atoms with E-state index in [4.69, 9.17) is 11.6 Å². The van der Waals surface area contributed by atoms with Crippen molar-refractivity contribution in [3.8, 4) is 5.75 Å². The van der Waals surface area contributed by atoms with Crippen molar-refractivity contribution in [1.82, 2.24) is 0 Å². The molecule has 0 bridgehead atoms. The van der Waals surface area contributed by atoms with Crippen LogP contribution in [0.15, 0.2) is 48.5 Å². The summed E-state index contributed by atoms with van der Waals surface area (Å²) in [6.07, 6.45) is -4.82. The minimum atomic E-state index is -4.82. The number of para-hydroxylation sites is 2. The van der Waals surface area contributed by atoms with Crippen molar-refractivity contribution in [3.63, 3.8) is 0 Å². The van der Waals surface area contributed by atoms with Gasteiger partial charge in [0, 0.05) is 10.8 Å². The predicted molar refractivity (Wildman–Crippen MR) is 89.4 cm³/mol. The first-order valence-electron chi connectivity index (χ1n) is 6.80. The molecule has 0 unspecified atom stereocenters. The molecule has 1 amide bonds. The molecule has 0 aliphatic heterocycles. The van der Waals surface area contributed by atoms with Crippen molar-refractivity contribution >= 4 is 35.0 Å². The third-order valence-electron chi connectivity index (χ3n) is 2.80. The van der Waals surface area contributed by atoms with Gasteiger partial charge in [-0.1, -0.05) is 35.9 Å². The predicted octanol–water partition coefficient (Wildman–Crippen LogP) is 5.11. The van der Waals surface area contributed by atoms with Gasteiger partial charge in [0.15, 0.2) is 5.75 Å². The second-order valence-corrected chi connectivity index (χ2v) is 6.13. The summed E-state index contributed by atoms with van der Waals surface area (Å²) in [5.41, 5.74) is 0.977. The number of alkyl halides is 3. The van der Waals surface area contributed by atoms with Crippen LogP contribution in [0.3, 0.4) is 0 Å². The number of carbonyl (C=O) groups excluding carboxylic acids is 1. The highest BCUT2D eigenvalue weighted by Gasteiger charge is 2.32. The normalized spacial score (nSPS) is 11.2. The number of hydrogen-bond donors (Lipinski definition) is 1. The van der Waals surface area contributed by atoms with Gasteiger partial charge in [0.05, 0.1) is 11.4 Å². The van der Waals surface area contributed by atoms with E-state index in [2.05, 4.69) is 10.1 Å². The van der Waals surface area contributed by atoms with E-state index in [1.54, 1.807) is 12.1 Å². The van der Waals surface area contributed by atoms with Gasteiger partial charge >= 0.3 is 6.36 Å². The highest BCUT2D eigenvalue weighted by atomic mass is 35.5. The number of benzene rings is 2. The van der Waals surface area contributed by atoms with Gasteiger partial charge in [0.2, 0.25) is 5.91 Å². The van der Waals surface area contributed by atoms with Crippen LogP contribution in [0.1, 0.15) is 5.56 Å². The number of thioether (sulfide) groups is 1. The molecular weight excluding hydrogens is 363 g/mol. The molecule has 3 nitrogen and oxygen atoms in total. The molecule has 8 heteroatoms. The molecule has 0 radical (unpaired) electrons. The first-order chi connectivity index (χ1) is 11.3. The summed E-state index contributed by atoms with van der Waals surface area (Å²) in [4.78, 5) is 11.9. The molecule has 0 atom stereocenters. The summed E-state index contributed by atoms with van der Waals surface area (Å²) >= 11 is 7.12. The second-order valence-electron chi connectivity index (χ2n) is 4.71. The highest BCUT2D eigenvalue weighted by Crippen LogP contribution is 2.30. The van der Waals surface area contributed by atoms with Gasteiger partial charge in [-0.15, -0.1) is 24.9 Å². The van der Waals surface area contributed by atoms with Crippen LogP contribution in [0.2, 0.25) is 5.02 Å². The number of rotatable bonds is 6. The van der Waals surface area contributed by atoms with Crippen molar-refractivity contribution < 1.29 is 22.7 Å². The number of amides is 1. The van der Waals surface area contributed by atoms with E-state index in [1.165, 1.54) is 30.0 Å². The summed E-state index contributed by atoms with van der Waals surface area (Å²) in [5, 5.41) is 3.05.